The van der Waals surface area contributed by atoms with Gasteiger partial charge < -0.3 is 14.4 Å². The van der Waals surface area contributed by atoms with Crippen LogP contribution in [0.3, 0.4) is 0 Å². The van der Waals surface area contributed by atoms with Crippen LogP contribution in [-0.2, 0) is 11.3 Å². The van der Waals surface area contributed by atoms with E-state index in [1.54, 1.807) is 41.1 Å². The Morgan fingerprint density at radius 1 is 1.07 bits per heavy atom. The van der Waals surface area contributed by atoms with Crippen LogP contribution in [0.1, 0.15) is 21.6 Å². The summed E-state index contributed by atoms with van der Waals surface area (Å²) in [6, 6.07) is 16.0. The van der Waals surface area contributed by atoms with Gasteiger partial charge in [-0.25, -0.2) is 9.18 Å². The highest BCUT2D eigenvalue weighted by atomic mass is 19.1. The van der Waals surface area contributed by atoms with E-state index in [1.165, 1.54) is 24.3 Å². The number of hydrogen-bond acceptors (Lipinski definition) is 3. The fourth-order valence-corrected chi connectivity index (χ4v) is 2.68. The van der Waals surface area contributed by atoms with Gasteiger partial charge in [-0.3, -0.25) is 4.79 Å². The number of benzene rings is 2. The molecule has 6 heteroatoms. The van der Waals surface area contributed by atoms with Gasteiger partial charge in [0.25, 0.3) is 0 Å². The minimum atomic E-state index is -1.04. The normalized spacial score (nSPS) is 10.9. The molecule has 142 valence electrons. The molecule has 0 amide bonds. The van der Waals surface area contributed by atoms with Crippen LogP contribution in [0.5, 0.6) is 5.75 Å². The van der Waals surface area contributed by atoms with Gasteiger partial charge in [-0.05, 0) is 54.1 Å². The second kappa shape index (κ2) is 8.81. The Bertz CT molecular complexity index is 1010. The summed E-state index contributed by atoms with van der Waals surface area (Å²) in [5.74, 6) is -1.13. The second-order valence-corrected chi connectivity index (χ2v) is 6.04. The van der Waals surface area contributed by atoms with Crippen molar-refractivity contribution in [3.63, 3.8) is 0 Å². The maximum Gasteiger partial charge on any atom is 0.341 e. The van der Waals surface area contributed by atoms with Crippen molar-refractivity contribution in [2.45, 2.75) is 6.54 Å². The van der Waals surface area contributed by atoms with Gasteiger partial charge in [0.2, 0.25) is 5.78 Å². The van der Waals surface area contributed by atoms with Crippen molar-refractivity contribution in [2.24, 2.45) is 0 Å². The standard InChI is InChI=1S/C22H18FNO4/c23-18-10-8-17(9-11-18)22(27)20-7-3-13-24(20)12-2-5-16-4-1-6-19(14-16)28-15-21(25)26/h1-11,13-14H,12,15H2,(H,25,26)/b5-2+. The van der Waals surface area contributed by atoms with E-state index in [-0.39, 0.29) is 11.6 Å². The Labute approximate surface area is 161 Å². The molecule has 1 aromatic heterocycles. The molecule has 2 aromatic carbocycles. The molecule has 1 N–H and O–H groups in total. The lowest BCUT2D eigenvalue weighted by atomic mass is 10.1. The third kappa shape index (κ3) is 4.94. The van der Waals surface area contributed by atoms with E-state index in [4.69, 9.17) is 9.84 Å². The summed E-state index contributed by atoms with van der Waals surface area (Å²) in [6.45, 7) is 0.0703. The molecule has 5 nitrogen and oxygen atoms in total. The van der Waals surface area contributed by atoms with Crippen molar-refractivity contribution in [2.75, 3.05) is 6.61 Å². The Kier molecular flexibility index (Phi) is 6.01. The molecule has 0 unspecified atom stereocenters. The fourth-order valence-electron chi connectivity index (χ4n) is 2.68. The lowest BCUT2D eigenvalue weighted by Crippen LogP contribution is -2.09. The predicted molar refractivity (Wildman–Crippen MR) is 103 cm³/mol. The summed E-state index contributed by atoms with van der Waals surface area (Å²) in [5, 5.41) is 8.67. The molecule has 0 bridgehead atoms. The molecule has 0 atom stereocenters. The molecule has 28 heavy (non-hydrogen) atoms. The summed E-state index contributed by atoms with van der Waals surface area (Å²) >= 11 is 0. The third-order valence-corrected chi connectivity index (χ3v) is 4.00. The highest BCUT2D eigenvalue weighted by molar-refractivity contribution is 6.08. The minimum absolute atomic E-state index is 0.178. The van der Waals surface area contributed by atoms with Gasteiger partial charge >= 0.3 is 5.97 Å². The molecular formula is C22H18FNO4. The van der Waals surface area contributed by atoms with Gasteiger partial charge in [0.1, 0.15) is 11.6 Å². The van der Waals surface area contributed by atoms with E-state index >= 15 is 0 Å². The van der Waals surface area contributed by atoms with Crippen molar-refractivity contribution < 1.29 is 23.8 Å². The maximum atomic E-state index is 13.1. The highest BCUT2D eigenvalue weighted by Gasteiger charge is 2.12. The van der Waals surface area contributed by atoms with Crippen molar-refractivity contribution in [3.05, 3.63) is 95.6 Å². The number of ether oxygens (including phenoxy) is 1. The number of carboxylic acids is 1. The van der Waals surface area contributed by atoms with Crippen molar-refractivity contribution >= 4 is 17.8 Å². The van der Waals surface area contributed by atoms with E-state index < -0.39 is 12.6 Å². The number of carboxylic acid groups (broad SMARTS) is 1. The van der Waals surface area contributed by atoms with Gasteiger partial charge in [0.15, 0.2) is 6.61 Å². The molecule has 3 rings (SSSR count). The number of ketones is 1. The van der Waals surface area contributed by atoms with E-state index in [1.807, 2.05) is 18.2 Å². The Morgan fingerprint density at radius 3 is 2.61 bits per heavy atom. The molecule has 1 heterocycles. The lowest BCUT2D eigenvalue weighted by Gasteiger charge is -2.06. The smallest absolute Gasteiger partial charge is 0.341 e. The molecular weight excluding hydrogens is 361 g/mol. The number of nitrogens with zero attached hydrogens (tertiary/aromatic N) is 1. The first-order chi connectivity index (χ1) is 13.5. The average Bonchev–Trinajstić information content (AvgIpc) is 3.15. The first-order valence-corrected chi connectivity index (χ1v) is 8.59. The summed E-state index contributed by atoms with van der Waals surface area (Å²) in [4.78, 5) is 23.2. The van der Waals surface area contributed by atoms with Crippen LogP contribution >= 0.6 is 0 Å². The molecule has 3 aromatic rings. The summed E-state index contributed by atoms with van der Waals surface area (Å²) in [7, 11) is 0. The minimum Gasteiger partial charge on any atom is -0.482 e. The van der Waals surface area contributed by atoms with Crippen LogP contribution in [-0.4, -0.2) is 28.0 Å². The first kappa shape index (κ1) is 19.1. The van der Waals surface area contributed by atoms with Crippen LogP contribution < -0.4 is 4.74 Å². The first-order valence-electron chi connectivity index (χ1n) is 8.59. The maximum absolute atomic E-state index is 13.1. The van der Waals surface area contributed by atoms with Gasteiger partial charge in [-0.1, -0.05) is 24.3 Å². The largest absolute Gasteiger partial charge is 0.482 e. The second-order valence-electron chi connectivity index (χ2n) is 6.04. The van der Waals surface area contributed by atoms with E-state index in [0.717, 1.165) is 5.56 Å². The lowest BCUT2D eigenvalue weighted by molar-refractivity contribution is -0.139. The molecule has 0 saturated heterocycles. The van der Waals surface area contributed by atoms with Crippen LogP contribution in [0, 0.1) is 5.82 Å². The molecule has 0 fully saturated rings. The van der Waals surface area contributed by atoms with Gasteiger partial charge in [-0.2, -0.15) is 0 Å². The summed E-state index contributed by atoms with van der Waals surface area (Å²) < 4.78 is 20.0. The molecule has 0 radical (unpaired) electrons. The fraction of sp³-hybridized carbons (Fsp3) is 0.0909. The number of rotatable bonds is 8. The zero-order valence-corrected chi connectivity index (χ0v) is 14.9. The van der Waals surface area contributed by atoms with E-state index in [0.29, 0.717) is 23.6 Å². The number of halogens is 1. The van der Waals surface area contributed by atoms with Crippen LogP contribution in [0.4, 0.5) is 4.39 Å². The van der Waals surface area contributed by atoms with Crippen molar-refractivity contribution in [1.29, 1.82) is 0 Å². The molecule has 0 aliphatic heterocycles. The SMILES string of the molecule is O=C(O)COc1cccc(/C=C/Cn2cccc2C(=O)c2ccc(F)cc2)c1. The number of allylic oxidation sites excluding steroid dienone is 1. The molecule has 0 aliphatic rings. The monoisotopic (exact) mass is 379 g/mol. The van der Waals surface area contributed by atoms with Crippen LogP contribution in [0.2, 0.25) is 0 Å². The van der Waals surface area contributed by atoms with Gasteiger partial charge in [0, 0.05) is 18.3 Å². The Hall–Kier alpha value is -3.67. The van der Waals surface area contributed by atoms with E-state index in [9.17, 15) is 14.0 Å². The van der Waals surface area contributed by atoms with Gasteiger partial charge in [0.05, 0.1) is 5.69 Å². The number of hydrogen-bond donors (Lipinski definition) is 1. The van der Waals surface area contributed by atoms with Crippen LogP contribution in [0.25, 0.3) is 6.08 Å². The van der Waals surface area contributed by atoms with Crippen LogP contribution in [0.15, 0.2) is 72.9 Å². The average molecular weight is 379 g/mol. The molecule has 0 aliphatic carbocycles. The Morgan fingerprint density at radius 2 is 1.86 bits per heavy atom. The van der Waals surface area contributed by atoms with E-state index in [2.05, 4.69) is 0 Å². The van der Waals surface area contributed by atoms with Gasteiger partial charge in [-0.15, -0.1) is 0 Å². The molecule has 0 spiro atoms. The zero-order chi connectivity index (χ0) is 19.9. The van der Waals surface area contributed by atoms with Crippen molar-refractivity contribution in [1.82, 2.24) is 4.57 Å². The van der Waals surface area contributed by atoms with Crippen molar-refractivity contribution in [3.8, 4) is 5.75 Å². The number of carbonyl (C=O) groups excluding carboxylic acids is 1. The number of aromatic nitrogens is 1. The number of aliphatic carboxylic acids is 1. The zero-order valence-electron chi connectivity index (χ0n) is 14.9. The molecule has 0 saturated carbocycles. The highest BCUT2D eigenvalue weighted by Crippen LogP contribution is 2.16. The summed E-state index contributed by atoms with van der Waals surface area (Å²) in [6.07, 6.45) is 5.55. The third-order valence-electron chi connectivity index (χ3n) is 4.00. The topological polar surface area (TPSA) is 68.5 Å². The Balaban J connectivity index is 1.68. The predicted octanol–water partition coefficient (Wildman–Crippen LogP) is 4.04. The quantitative estimate of drug-likeness (QED) is 0.600. The summed E-state index contributed by atoms with van der Waals surface area (Å²) in [5.41, 5.74) is 1.78. The number of carbonyl (C=O) groups is 2.